The zero-order valence-electron chi connectivity index (χ0n) is 56.7. The molecule has 23 rings (SSSR count). The summed E-state index contributed by atoms with van der Waals surface area (Å²) in [5.41, 5.74) is 39.0. The molecule has 0 atom stereocenters. The van der Waals surface area contributed by atoms with Crippen LogP contribution in [0.5, 0.6) is 0 Å². The maximum atomic E-state index is 7.24. The molecule has 0 N–H and O–H groups in total. The minimum absolute atomic E-state index is 0.280. The molecule has 17 aromatic rings. The number of benzene rings is 15. The van der Waals surface area contributed by atoms with Crippen LogP contribution in [0.25, 0.3) is 111 Å². The molecule has 0 bridgehead atoms. The Morgan fingerprint density at radius 2 is 0.608 bits per heavy atom. The van der Waals surface area contributed by atoms with Gasteiger partial charge in [0.2, 0.25) is 0 Å². The van der Waals surface area contributed by atoms with E-state index in [4.69, 9.17) is 8.83 Å². The monoisotopic (exact) mass is 1300 g/mol. The molecule has 6 aliphatic carbocycles. The Bertz CT molecular complexity index is 6450. The molecule has 6 aliphatic rings. The van der Waals surface area contributed by atoms with Crippen LogP contribution >= 0.6 is 0 Å². The molecule has 2 spiro atoms. The van der Waals surface area contributed by atoms with E-state index in [2.05, 4.69) is 353 Å². The molecule has 2 heterocycles. The Kier molecular flexibility index (Phi) is 10.9. The van der Waals surface area contributed by atoms with E-state index in [0.29, 0.717) is 0 Å². The minimum atomic E-state index is -0.720. The Morgan fingerprint density at radius 3 is 1.20 bits per heavy atom. The molecule has 102 heavy (non-hydrogen) atoms. The first-order valence-corrected chi connectivity index (χ1v) is 35.9. The maximum absolute atomic E-state index is 7.24. The highest BCUT2D eigenvalue weighted by atomic mass is 16.3. The van der Waals surface area contributed by atoms with E-state index < -0.39 is 16.2 Å². The van der Waals surface area contributed by atoms with Crippen LogP contribution in [0.2, 0.25) is 0 Å². The highest BCUT2D eigenvalue weighted by Gasteiger charge is 2.57. The third-order valence-electron chi connectivity index (χ3n) is 24.6. The zero-order chi connectivity index (χ0) is 67.3. The van der Waals surface area contributed by atoms with Crippen molar-refractivity contribution in [2.45, 2.75) is 49.4 Å². The molecular formula is C98H64N2O2. The van der Waals surface area contributed by atoms with Crippen LogP contribution in [0.4, 0.5) is 34.1 Å². The quantitative estimate of drug-likeness (QED) is 0.166. The molecule has 0 aliphatic heterocycles. The first kappa shape index (κ1) is 56.4. The normalized spacial score (nSPS) is 15.2. The second-order valence-electron chi connectivity index (χ2n) is 30.0. The van der Waals surface area contributed by atoms with Crippen LogP contribution in [0.3, 0.4) is 0 Å². The average molecular weight is 1300 g/mol. The first-order chi connectivity index (χ1) is 50.1. The summed E-state index contributed by atoms with van der Waals surface area (Å²) in [6, 6.07) is 119. The second-order valence-corrected chi connectivity index (χ2v) is 30.0. The Hall–Kier alpha value is -12.5. The van der Waals surface area contributed by atoms with Gasteiger partial charge in [0.05, 0.1) is 10.8 Å². The highest BCUT2D eigenvalue weighted by molar-refractivity contribution is 6.21. The largest absolute Gasteiger partial charge is 0.456 e. The van der Waals surface area contributed by atoms with Crippen LogP contribution in [0.1, 0.15) is 94.5 Å². The van der Waals surface area contributed by atoms with Gasteiger partial charge in [0.1, 0.15) is 22.3 Å². The number of anilines is 6. The van der Waals surface area contributed by atoms with Crippen LogP contribution in [0.15, 0.2) is 324 Å². The Labute approximate surface area is 591 Å². The van der Waals surface area contributed by atoms with Gasteiger partial charge < -0.3 is 18.6 Å². The van der Waals surface area contributed by atoms with Gasteiger partial charge in [-0.3, -0.25) is 0 Å². The van der Waals surface area contributed by atoms with E-state index in [-0.39, 0.29) is 5.41 Å². The smallest absolute Gasteiger partial charge is 0.144 e. The SMILES string of the molecule is CC1(C)c2cc(N(c3ccc(N(c4ccccc4)c4ccccc4)cc3)c3ccc4c(c3)C3(c5ccccc5-c5ccccc53)c3cc5c(cc3-4)C3(c4ccccc4-c4ccccc43)c3ccc4oc6ccccc6c4c3-5)ccc2-c2c1c1c(c3c2oc2ccccc23)-c2ccccc2C1(C)C. The van der Waals surface area contributed by atoms with Gasteiger partial charge in [-0.15, -0.1) is 0 Å². The number of furan rings is 2. The molecular weight excluding hydrogens is 1240 g/mol. The number of fused-ring (bicyclic) bond motifs is 36. The summed E-state index contributed by atoms with van der Waals surface area (Å²) in [6.45, 7) is 9.81. The topological polar surface area (TPSA) is 32.8 Å². The lowest BCUT2D eigenvalue weighted by atomic mass is 9.68. The predicted octanol–water partition coefficient (Wildman–Crippen LogP) is 25.7. The van der Waals surface area contributed by atoms with Crippen molar-refractivity contribution in [1.82, 2.24) is 0 Å². The van der Waals surface area contributed by atoms with Crippen molar-refractivity contribution in [3.05, 3.63) is 382 Å². The van der Waals surface area contributed by atoms with Gasteiger partial charge in [0, 0.05) is 72.1 Å². The van der Waals surface area contributed by atoms with Crippen LogP contribution in [-0.4, -0.2) is 0 Å². The predicted molar refractivity (Wildman–Crippen MR) is 418 cm³/mol. The molecule has 478 valence electrons. The van der Waals surface area contributed by atoms with Crippen molar-refractivity contribution in [2.24, 2.45) is 0 Å². The number of hydrogen-bond donors (Lipinski definition) is 0. The molecule has 15 aromatic carbocycles. The fourth-order valence-corrected chi connectivity index (χ4v) is 20.7. The van der Waals surface area contributed by atoms with Crippen molar-refractivity contribution < 1.29 is 8.83 Å². The average Bonchev–Trinajstić information content (AvgIpc) is 1.49. The Morgan fingerprint density at radius 1 is 0.225 bits per heavy atom. The molecule has 0 saturated carbocycles. The fourth-order valence-electron chi connectivity index (χ4n) is 20.7. The van der Waals surface area contributed by atoms with Crippen molar-refractivity contribution >= 4 is 78.0 Å². The lowest BCUT2D eigenvalue weighted by Gasteiger charge is -2.33. The third kappa shape index (κ3) is 6.83. The summed E-state index contributed by atoms with van der Waals surface area (Å²) in [7, 11) is 0. The summed E-state index contributed by atoms with van der Waals surface area (Å²) in [4.78, 5) is 4.90. The third-order valence-corrected chi connectivity index (χ3v) is 24.6. The maximum Gasteiger partial charge on any atom is 0.144 e. The van der Waals surface area contributed by atoms with Gasteiger partial charge in [-0.2, -0.15) is 0 Å². The fraction of sp³-hybridized carbons (Fsp3) is 0.0816. The van der Waals surface area contributed by atoms with Gasteiger partial charge in [0.15, 0.2) is 0 Å². The standard InChI is InChI=1S/C98H64N2O2/c1-95(2)74-36-18-15-33-68(74)89-90-71-35-17-24-42-85(71)102-94(90)91-69-50-48-61(53-80(69)96(3,4)93(91)92(89)95)100(60-45-43-59(44-46-60)99(57-25-7-5-8-26-57)58-27-9-6-10-28-58)62-47-49-67-72-55-83-73(56-82(72)98(81(67)54-62)77-39-21-13-31-65(77)66-32-14-22-40-78(66)98)87-79(51-52-86-88(87)70-34-16-23-41-84(70)101-86)97(83)75-37-19-11-29-63(75)64-30-12-20-38-76(64)97/h5-56H,1-4H3. The van der Waals surface area contributed by atoms with Crippen molar-refractivity contribution in [3.8, 4) is 66.8 Å². The summed E-state index contributed by atoms with van der Waals surface area (Å²) in [5.74, 6) is 0. The second kappa shape index (κ2) is 19.7. The highest BCUT2D eigenvalue weighted by Crippen LogP contribution is 2.70. The molecule has 0 fully saturated rings. The summed E-state index contributed by atoms with van der Waals surface area (Å²) < 4.78 is 14.1. The lowest BCUT2D eigenvalue weighted by molar-refractivity contribution is 0.600. The molecule has 2 aromatic heterocycles. The van der Waals surface area contributed by atoms with E-state index in [1.165, 1.54) is 144 Å². The van der Waals surface area contributed by atoms with E-state index in [1.54, 1.807) is 0 Å². The van der Waals surface area contributed by atoms with E-state index >= 15 is 0 Å². The van der Waals surface area contributed by atoms with Crippen LogP contribution in [0, 0.1) is 0 Å². The van der Waals surface area contributed by atoms with Gasteiger partial charge in [0.25, 0.3) is 0 Å². The van der Waals surface area contributed by atoms with Gasteiger partial charge in [-0.1, -0.05) is 240 Å². The lowest BCUT2D eigenvalue weighted by Crippen LogP contribution is -2.27. The van der Waals surface area contributed by atoms with Crippen molar-refractivity contribution in [1.29, 1.82) is 0 Å². The molecule has 0 radical (unpaired) electrons. The van der Waals surface area contributed by atoms with Gasteiger partial charge in [-0.25, -0.2) is 0 Å². The summed E-state index contributed by atoms with van der Waals surface area (Å²) >= 11 is 0. The van der Waals surface area contributed by atoms with Crippen molar-refractivity contribution in [3.63, 3.8) is 0 Å². The number of nitrogens with zero attached hydrogens (tertiary/aromatic N) is 2. The van der Waals surface area contributed by atoms with Gasteiger partial charge in [-0.05, 0) is 231 Å². The first-order valence-electron chi connectivity index (χ1n) is 35.9. The molecule has 4 heteroatoms. The zero-order valence-corrected chi connectivity index (χ0v) is 56.7. The number of hydrogen-bond acceptors (Lipinski definition) is 4. The molecule has 0 saturated heterocycles. The number of rotatable bonds is 6. The molecule has 0 amide bonds. The number of para-hydroxylation sites is 4. The van der Waals surface area contributed by atoms with E-state index in [9.17, 15) is 0 Å². The Balaban J connectivity index is 0.790. The van der Waals surface area contributed by atoms with Gasteiger partial charge >= 0.3 is 0 Å². The molecule has 0 unspecified atom stereocenters. The molecule has 4 nitrogen and oxygen atoms in total. The van der Waals surface area contributed by atoms with Crippen molar-refractivity contribution in [2.75, 3.05) is 9.80 Å². The minimum Gasteiger partial charge on any atom is -0.456 e. The van der Waals surface area contributed by atoms with E-state index in [0.717, 1.165) is 67.2 Å². The van der Waals surface area contributed by atoms with Crippen LogP contribution < -0.4 is 9.80 Å². The summed E-state index contributed by atoms with van der Waals surface area (Å²) in [5, 5.41) is 4.67. The van der Waals surface area contributed by atoms with E-state index in [1.807, 2.05) is 0 Å². The summed E-state index contributed by atoms with van der Waals surface area (Å²) in [6.07, 6.45) is 0. The van der Waals surface area contributed by atoms with Crippen LogP contribution in [-0.2, 0) is 21.7 Å².